The number of hydrogen-bond acceptors (Lipinski definition) is 0. The van der Waals surface area contributed by atoms with Crippen molar-refractivity contribution in [3.63, 3.8) is 0 Å². The zero-order chi connectivity index (χ0) is 15.8. The highest BCUT2D eigenvalue weighted by Crippen LogP contribution is 2.42. The largest absolute Gasteiger partial charge is 0.0836 e. The molecule has 0 bridgehead atoms. The summed E-state index contributed by atoms with van der Waals surface area (Å²) >= 11 is 0. The lowest BCUT2D eigenvalue weighted by molar-refractivity contribution is 0.789. The number of rotatable bonds is 2. The highest BCUT2D eigenvalue weighted by molar-refractivity contribution is 5.87. The summed E-state index contributed by atoms with van der Waals surface area (Å²) in [5, 5.41) is 2.72. The first-order valence-electron chi connectivity index (χ1n) is 8.52. The minimum atomic E-state index is 0.443. The van der Waals surface area contributed by atoms with Gasteiger partial charge < -0.3 is 0 Å². The molecule has 1 unspecified atom stereocenters. The van der Waals surface area contributed by atoms with Crippen molar-refractivity contribution in [2.45, 2.75) is 26.2 Å². The minimum absolute atomic E-state index is 0.443. The lowest BCUT2D eigenvalue weighted by Gasteiger charge is -2.20. The van der Waals surface area contributed by atoms with Crippen LogP contribution in [0.5, 0.6) is 0 Å². The van der Waals surface area contributed by atoms with Gasteiger partial charge in [0.15, 0.2) is 0 Å². The molecule has 0 nitrogen and oxygen atoms in total. The Hall–Kier alpha value is -2.34. The Kier molecular flexibility index (Phi) is 3.53. The molecule has 2 aliphatic carbocycles. The van der Waals surface area contributed by atoms with Crippen LogP contribution < -0.4 is 0 Å². The summed E-state index contributed by atoms with van der Waals surface area (Å²) in [7, 11) is 0. The Bertz CT molecular complexity index is 867. The Morgan fingerprint density at radius 3 is 2.65 bits per heavy atom. The van der Waals surface area contributed by atoms with Gasteiger partial charge in [0.05, 0.1) is 0 Å². The van der Waals surface area contributed by atoms with Crippen molar-refractivity contribution < 1.29 is 0 Å². The quantitative estimate of drug-likeness (QED) is 0.607. The van der Waals surface area contributed by atoms with E-state index in [9.17, 15) is 0 Å². The van der Waals surface area contributed by atoms with E-state index in [-0.39, 0.29) is 0 Å². The van der Waals surface area contributed by atoms with Gasteiger partial charge in [-0.15, -0.1) is 0 Å². The summed E-state index contributed by atoms with van der Waals surface area (Å²) in [6, 6.07) is 15.5. The van der Waals surface area contributed by atoms with Gasteiger partial charge in [-0.1, -0.05) is 86.7 Å². The molecule has 0 fully saturated rings. The summed E-state index contributed by atoms with van der Waals surface area (Å²) in [5.74, 6) is 1.02. The second kappa shape index (κ2) is 5.70. The zero-order valence-electron chi connectivity index (χ0n) is 13.8. The van der Waals surface area contributed by atoms with Crippen LogP contribution in [-0.2, 0) is 0 Å². The predicted octanol–water partition coefficient (Wildman–Crippen LogP) is 6.33. The van der Waals surface area contributed by atoms with Gasteiger partial charge in [-0.05, 0) is 45.4 Å². The Morgan fingerprint density at radius 1 is 0.957 bits per heavy atom. The summed E-state index contributed by atoms with van der Waals surface area (Å²) in [4.78, 5) is 0. The molecule has 0 aliphatic heterocycles. The van der Waals surface area contributed by atoms with E-state index in [4.69, 9.17) is 0 Å². The molecule has 0 heterocycles. The molecule has 0 saturated carbocycles. The summed E-state index contributed by atoms with van der Waals surface area (Å²) in [5.41, 5.74) is 5.77. The predicted molar refractivity (Wildman–Crippen MR) is 99.5 cm³/mol. The van der Waals surface area contributed by atoms with E-state index in [0.29, 0.717) is 11.8 Å². The smallest absolute Gasteiger partial charge is 0.0136 e. The van der Waals surface area contributed by atoms with Crippen LogP contribution in [0.15, 0.2) is 89.6 Å². The molecule has 0 heteroatoms. The number of allylic oxidation sites excluding steroid dienone is 8. The molecule has 1 atom stereocenters. The highest BCUT2D eigenvalue weighted by Gasteiger charge is 2.25. The van der Waals surface area contributed by atoms with Gasteiger partial charge in [0.25, 0.3) is 0 Å². The molecule has 23 heavy (non-hydrogen) atoms. The molecule has 114 valence electrons. The van der Waals surface area contributed by atoms with Crippen LogP contribution in [0.3, 0.4) is 0 Å². The summed E-state index contributed by atoms with van der Waals surface area (Å²) in [6.07, 6.45) is 12.7. The lowest BCUT2D eigenvalue weighted by atomic mass is 9.84. The van der Waals surface area contributed by atoms with Crippen LogP contribution in [0.25, 0.3) is 10.8 Å². The molecule has 0 radical (unpaired) electrons. The average molecular weight is 298 g/mol. The number of hydrogen-bond donors (Lipinski definition) is 0. The molecule has 0 aromatic heterocycles. The summed E-state index contributed by atoms with van der Waals surface area (Å²) in [6.45, 7) is 4.55. The van der Waals surface area contributed by atoms with Crippen LogP contribution in [0.2, 0.25) is 0 Å². The fraction of sp³-hybridized carbons (Fsp3) is 0.217. The standard InChI is InChI=1S/C23H22/c1-16(2)19-14-18-9-4-6-12-22(23(18)15-19)21-13-7-10-17-8-3-5-11-20(17)21/h3-11,13-16,22H,12H2,1-2H3. The maximum atomic E-state index is 2.43. The minimum Gasteiger partial charge on any atom is -0.0836 e. The molecular formula is C23H22. The van der Waals surface area contributed by atoms with Crippen molar-refractivity contribution in [3.05, 3.63) is 95.1 Å². The van der Waals surface area contributed by atoms with Crippen molar-refractivity contribution in [1.82, 2.24) is 0 Å². The number of fused-ring (bicyclic) bond motifs is 2. The molecule has 2 aromatic carbocycles. The molecule has 0 N–H and O–H groups in total. The van der Waals surface area contributed by atoms with Crippen LogP contribution in [0, 0.1) is 5.92 Å². The normalized spacial score (nSPS) is 20.1. The van der Waals surface area contributed by atoms with Crippen molar-refractivity contribution in [2.24, 2.45) is 5.92 Å². The van der Waals surface area contributed by atoms with Crippen LogP contribution in [0.1, 0.15) is 31.7 Å². The molecule has 0 amide bonds. The van der Waals surface area contributed by atoms with Gasteiger partial charge in [-0.25, -0.2) is 0 Å². The maximum Gasteiger partial charge on any atom is 0.0136 e. The molecular weight excluding hydrogens is 276 g/mol. The maximum absolute atomic E-state index is 2.43. The zero-order valence-corrected chi connectivity index (χ0v) is 13.8. The van der Waals surface area contributed by atoms with E-state index in [2.05, 4.69) is 86.7 Å². The number of benzene rings is 2. The van der Waals surface area contributed by atoms with Gasteiger partial charge in [-0.2, -0.15) is 0 Å². The second-order valence-corrected chi connectivity index (χ2v) is 6.81. The van der Waals surface area contributed by atoms with E-state index < -0.39 is 0 Å². The van der Waals surface area contributed by atoms with Crippen molar-refractivity contribution in [2.75, 3.05) is 0 Å². The van der Waals surface area contributed by atoms with E-state index in [0.717, 1.165) is 6.42 Å². The lowest BCUT2D eigenvalue weighted by Crippen LogP contribution is -2.02. The van der Waals surface area contributed by atoms with Crippen molar-refractivity contribution >= 4 is 10.8 Å². The van der Waals surface area contributed by atoms with E-state index in [1.165, 1.54) is 33.1 Å². The van der Waals surface area contributed by atoms with Gasteiger partial charge in [0.2, 0.25) is 0 Å². The SMILES string of the molecule is CC(C)C1=CC2=CC=CCC(c3cccc4ccccc34)C2=C1. The molecule has 0 spiro atoms. The first-order chi connectivity index (χ1) is 11.2. The Morgan fingerprint density at radius 2 is 1.78 bits per heavy atom. The third-order valence-electron chi connectivity index (χ3n) is 5.00. The topological polar surface area (TPSA) is 0 Å². The van der Waals surface area contributed by atoms with Crippen LogP contribution >= 0.6 is 0 Å². The van der Waals surface area contributed by atoms with Gasteiger partial charge in [0, 0.05) is 5.92 Å². The average Bonchev–Trinajstić information content (AvgIpc) is 2.90. The van der Waals surface area contributed by atoms with E-state index in [1.807, 2.05) is 0 Å². The molecule has 2 aromatic rings. The second-order valence-electron chi connectivity index (χ2n) is 6.81. The molecule has 0 saturated heterocycles. The van der Waals surface area contributed by atoms with Crippen molar-refractivity contribution in [3.8, 4) is 0 Å². The third-order valence-corrected chi connectivity index (χ3v) is 5.00. The van der Waals surface area contributed by atoms with Crippen LogP contribution in [0.4, 0.5) is 0 Å². The van der Waals surface area contributed by atoms with E-state index in [1.54, 1.807) is 0 Å². The highest BCUT2D eigenvalue weighted by atomic mass is 14.3. The van der Waals surface area contributed by atoms with Crippen LogP contribution in [-0.4, -0.2) is 0 Å². The molecule has 4 rings (SSSR count). The van der Waals surface area contributed by atoms with E-state index >= 15 is 0 Å². The fourth-order valence-corrected chi connectivity index (χ4v) is 3.71. The van der Waals surface area contributed by atoms with Crippen molar-refractivity contribution in [1.29, 1.82) is 0 Å². The monoisotopic (exact) mass is 298 g/mol. The first kappa shape index (κ1) is 14.3. The third kappa shape index (κ3) is 2.49. The van der Waals surface area contributed by atoms with Gasteiger partial charge in [-0.3, -0.25) is 0 Å². The summed E-state index contributed by atoms with van der Waals surface area (Å²) < 4.78 is 0. The fourth-order valence-electron chi connectivity index (χ4n) is 3.71. The van der Waals surface area contributed by atoms with Gasteiger partial charge in [0.1, 0.15) is 0 Å². The Balaban J connectivity index is 1.87. The first-order valence-corrected chi connectivity index (χ1v) is 8.52. The Labute approximate surface area is 138 Å². The molecule has 2 aliphatic rings. The van der Waals surface area contributed by atoms with Gasteiger partial charge >= 0.3 is 0 Å².